The summed E-state index contributed by atoms with van der Waals surface area (Å²) >= 11 is 0. The summed E-state index contributed by atoms with van der Waals surface area (Å²) in [5.74, 6) is -0.152. The van der Waals surface area contributed by atoms with E-state index < -0.39 is 8.07 Å². The van der Waals surface area contributed by atoms with Crippen LogP contribution in [0.2, 0.25) is 18.6 Å². The monoisotopic (exact) mass is 324 g/mol. The molecule has 0 aromatic heterocycles. The van der Waals surface area contributed by atoms with Gasteiger partial charge < -0.3 is 4.74 Å². The lowest BCUT2D eigenvalue weighted by Gasteiger charge is -2.29. The second kappa shape index (κ2) is 7.42. The van der Waals surface area contributed by atoms with E-state index in [1.807, 2.05) is 36.4 Å². The fraction of sp³-hybridized carbons (Fsp3) is 0.250. The molecular weight excluding hydrogens is 300 g/mol. The molecule has 2 aromatic carbocycles. The van der Waals surface area contributed by atoms with Crippen molar-refractivity contribution in [3.63, 3.8) is 0 Å². The van der Waals surface area contributed by atoms with E-state index in [0.717, 1.165) is 11.1 Å². The second-order valence-corrected chi connectivity index (χ2v) is 10.9. The zero-order chi connectivity index (χ0) is 16.9. The van der Waals surface area contributed by atoms with E-state index in [9.17, 15) is 4.79 Å². The molecule has 0 saturated carbocycles. The summed E-state index contributed by atoms with van der Waals surface area (Å²) in [6.07, 6.45) is 2.08. The van der Waals surface area contributed by atoms with Gasteiger partial charge in [0.15, 0.2) is 0 Å². The van der Waals surface area contributed by atoms with Crippen molar-refractivity contribution >= 4 is 24.8 Å². The number of benzene rings is 2. The van der Waals surface area contributed by atoms with E-state index in [2.05, 4.69) is 50.4 Å². The predicted molar refractivity (Wildman–Crippen MR) is 99.4 cm³/mol. The van der Waals surface area contributed by atoms with E-state index in [0.29, 0.717) is 0 Å². The van der Waals surface area contributed by atoms with Crippen LogP contribution in [0.15, 0.2) is 66.7 Å². The van der Waals surface area contributed by atoms with Gasteiger partial charge in [0.25, 0.3) is 0 Å². The zero-order valence-corrected chi connectivity index (χ0v) is 15.2. The van der Waals surface area contributed by atoms with Crippen LogP contribution in [0.1, 0.15) is 12.5 Å². The Labute approximate surface area is 139 Å². The molecule has 0 N–H and O–H groups in total. The highest BCUT2D eigenvalue weighted by atomic mass is 28.3. The predicted octanol–water partition coefficient (Wildman–Crippen LogP) is 4.25. The number of esters is 1. The Morgan fingerprint density at radius 2 is 1.52 bits per heavy atom. The van der Waals surface area contributed by atoms with Crippen LogP contribution in [0, 0.1) is 0 Å². The molecule has 0 aliphatic carbocycles. The van der Waals surface area contributed by atoms with Crippen molar-refractivity contribution in [1.82, 2.24) is 0 Å². The molecule has 0 radical (unpaired) electrons. The van der Waals surface area contributed by atoms with Crippen LogP contribution in [0.5, 0.6) is 0 Å². The van der Waals surface area contributed by atoms with Crippen LogP contribution in [-0.4, -0.2) is 21.2 Å². The van der Waals surface area contributed by atoms with Crippen LogP contribution in [-0.2, 0) is 9.53 Å². The lowest BCUT2D eigenvalue weighted by molar-refractivity contribution is -0.139. The number of methoxy groups -OCH3 is 1. The van der Waals surface area contributed by atoms with E-state index in [-0.39, 0.29) is 11.5 Å². The van der Waals surface area contributed by atoms with Crippen molar-refractivity contribution in [3.8, 4) is 0 Å². The van der Waals surface area contributed by atoms with Gasteiger partial charge >= 0.3 is 5.97 Å². The van der Waals surface area contributed by atoms with Gasteiger partial charge in [0.1, 0.15) is 8.07 Å². The minimum absolute atomic E-state index is 0.152. The van der Waals surface area contributed by atoms with Crippen molar-refractivity contribution < 1.29 is 9.53 Å². The third-order valence-electron chi connectivity index (χ3n) is 4.40. The standard InChI is InChI=1S/C20H24O2Si/c1-16(17-11-7-5-8-12-17)15-19(20(21)22-2)23(3,4)18-13-9-6-10-14-18/h5-15,19H,1-4H3/b16-15+. The van der Waals surface area contributed by atoms with Gasteiger partial charge in [0.05, 0.1) is 12.7 Å². The van der Waals surface area contributed by atoms with Crippen molar-refractivity contribution in [2.24, 2.45) is 0 Å². The summed E-state index contributed by atoms with van der Waals surface area (Å²) in [4.78, 5) is 12.5. The maximum Gasteiger partial charge on any atom is 0.310 e. The Morgan fingerprint density at radius 3 is 2.04 bits per heavy atom. The fourth-order valence-electron chi connectivity index (χ4n) is 2.79. The number of allylic oxidation sites excluding steroid dienone is 1. The van der Waals surface area contributed by atoms with Crippen molar-refractivity contribution in [2.45, 2.75) is 25.6 Å². The van der Waals surface area contributed by atoms with Crippen LogP contribution in [0.3, 0.4) is 0 Å². The molecule has 0 amide bonds. The fourth-order valence-corrected chi connectivity index (χ4v) is 5.58. The number of ether oxygens (including phenoxy) is 1. The highest BCUT2D eigenvalue weighted by molar-refractivity contribution is 6.93. The van der Waals surface area contributed by atoms with E-state index in [4.69, 9.17) is 4.74 Å². The van der Waals surface area contributed by atoms with Gasteiger partial charge in [-0.15, -0.1) is 0 Å². The molecule has 1 atom stereocenters. The molecule has 0 spiro atoms. The van der Waals surface area contributed by atoms with Gasteiger partial charge in [0.2, 0.25) is 0 Å². The molecule has 0 fully saturated rings. The summed E-state index contributed by atoms with van der Waals surface area (Å²) in [7, 11) is -0.571. The SMILES string of the molecule is COC(=O)C(/C=C(\C)c1ccccc1)[Si](C)(C)c1ccccc1. The van der Waals surface area contributed by atoms with E-state index in [1.54, 1.807) is 0 Å². The number of rotatable bonds is 5. The highest BCUT2D eigenvalue weighted by Gasteiger charge is 2.38. The van der Waals surface area contributed by atoms with Crippen LogP contribution in [0.25, 0.3) is 5.57 Å². The Bertz CT molecular complexity index is 675. The summed E-state index contributed by atoms with van der Waals surface area (Å²) in [5, 5.41) is 1.26. The lowest BCUT2D eigenvalue weighted by Crippen LogP contribution is -2.48. The smallest absolute Gasteiger partial charge is 0.310 e. The number of carbonyl (C=O) groups is 1. The molecular formula is C20H24O2Si. The Morgan fingerprint density at radius 1 is 1.00 bits per heavy atom. The second-order valence-electron chi connectivity index (χ2n) is 6.30. The largest absolute Gasteiger partial charge is 0.469 e. The first kappa shape index (κ1) is 17.2. The number of hydrogen-bond acceptors (Lipinski definition) is 2. The van der Waals surface area contributed by atoms with Crippen molar-refractivity contribution in [2.75, 3.05) is 7.11 Å². The molecule has 0 aliphatic rings. The summed E-state index contributed by atoms with van der Waals surface area (Å²) < 4.78 is 5.11. The normalized spacial score (nSPS) is 13.5. The van der Waals surface area contributed by atoms with Gasteiger partial charge in [-0.25, -0.2) is 0 Å². The summed E-state index contributed by atoms with van der Waals surface area (Å²) in [6.45, 7) is 6.50. The highest BCUT2D eigenvalue weighted by Crippen LogP contribution is 2.29. The maximum atomic E-state index is 12.5. The van der Waals surface area contributed by atoms with Crippen LogP contribution >= 0.6 is 0 Å². The first-order valence-electron chi connectivity index (χ1n) is 7.84. The zero-order valence-electron chi connectivity index (χ0n) is 14.2. The molecule has 1 unspecified atom stereocenters. The van der Waals surface area contributed by atoms with Gasteiger partial charge in [-0.05, 0) is 18.1 Å². The molecule has 2 nitrogen and oxygen atoms in total. The molecule has 0 bridgehead atoms. The first-order chi connectivity index (χ1) is 11.0. The molecule has 23 heavy (non-hydrogen) atoms. The molecule has 0 heterocycles. The number of carbonyl (C=O) groups excluding carboxylic acids is 1. The number of hydrogen-bond donors (Lipinski definition) is 0. The Kier molecular flexibility index (Phi) is 5.56. The maximum absolute atomic E-state index is 12.5. The topological polar surface area (TPSA) is 26.3 Å². The molecule has 3 heteroatoms. The lowest BCUT2D eigenvalue weighted by atomic mass is 10.1. The minimum Gasteiger partial charge on any atom is -0.469 e. The molecule has 120 valence electrons. The molecule has 0 aliphatic heterocycles. The average molecular weight is 324 g/mol. The minimum atomic E-state index is -2.04. The summed E-state index contributed by atoms with van der Waals surface area (Å²) in [6, 6.07) is 20.5. The molecule has 2 aromatic rings. The van der Waals surface area contributed by atoms with Gasteiger partial charge in [-0.3, -0.25) is 4.79 Å². The average Bonchev–Trinajstić information content (AvgIpc) is 2.60. The van der Waals surface area contributed by atoms with Crippen LogP contribution in [0.4, 0.5) is 0 Å². The quantitative estimate of drug-likeness (QED) is 0.607. The summed E-state index contributed by atoms with van der Waals surface area (Å²) in [5.41, 5.74) is 2.03. The molecule has 0 saturated heterocycles. The van der Waals surface area contributed by atoms with Crippen LogP contribution < -0.4 is 5.19 Å². The van der Waals surface area contributed by atoms with Gasteiger partial charge in [-0.2, -0.15) is 0 Å². The van der Waals surface area contributed by atoms with Gasteiger partial charge in [0, 0.05) is 0 Å². The van der Waals surface area contributed by atoms with E-state index in [1.165, 1.54) is 12.3 Å². The Hall–Kier alpha value is -2.13. The van der Waals surface area contributed by atoms with Gasteiger partial charge in [-0.1, -0.05) is 85.0 Å². The van der Waals surface area contributed by atoms with E-state index >= 15 is 0 Å². The third-order valence-corrected chi connectivity index (χ3v) is 8.17. The third kappa shape index (κ3) is 3.99. The molecule has 2 rings (SSSR count). The first-order valence-corrected chi connectivity index (χ1v) is 10.9. The Balaban J connectivity index is 2.44. The van der Waals surface area contributed by atoms with Crippen molar-refractivity contribution in [3.05, 3.63) is 72.3 Å². The van der Waals surface area contributed by atoms with Crippen molar-refractivity contribution in [1.29, 1.82) is 0 Å².